The third kappa shape index (κ3) is 4.20. The summed E-state index contributed by atoms with van der Waals surface area (Å²) < 4.78 is 13.0. The second-order valence-electron chi connectivity index (χ2n) is 5.78. The largest absolute Gasteiger partial charge is 0.312 e. The van der Waals surface area contributed by atoms with Crippen molar-refractivity contribution in [3.8, 4) is 0 Å². The lowest BCUT2D eigenvalue weighted by atomic mass is 10.1. The number of carbonyl (C=O) groups excluding carboxylic acids is 2. The van der Waals surface area contributed by atoms with Gasteiger partial charge >= 0.3 is 0 Å². The van der Waals surface area contributed by atoms with Gasteiger partial charge in [0.15, 0.2) is 0 Å². The molecule has 5 nitrogen and oxygen atoms in total. The van der Waals surface area contributed by atoms with E-state index in [2.05, 4.69) is 10.5 Å². The van der Waals surface area contributed by atoms with E-state index in [9.17, 15) is 14.0 Å². The number of hydrogen-bond acceptors (Lipinski definition) is 3. The maximum Gasteiger partial charge on any atom is 0.245 e. The number of nitrogens with one attached hydrogen (secondary N) is 1. The molecule has 1 aliphatic rings. The Morgan fingerprint density at radius 2 is 1.96 bits per heavy atom. The molecule has 2 aromatic carbocycles. The minimum Gasteiger partial charge on any atom is -0.312 e. The van der Waals surface area contributed by atoms with Crippen LogP contribution in [0, 0.1) is 11.7 Å². The lowest BCUT2D eigenvalue weighted by Gasteiger charge is -2.16. The first kappa shape index (κ1) is 18.4. The van der Waals surface area contributed by atoms with Gasteiger partial charge in [-0.3, -0.25) is 9.59 Å². The highest BCUT2D eigenvalue weighted by Crippen LogP contribution is 2.25. The third-order valence-corrected chi connectivity index (χ3v) is 4.54. The van der Waals surface area contributed by atoms with E-state index in [-0.39, 0.29) is 30.6 Å². The smallest absolute Gasteiger partial charge is 0.245 e. The summed E-state index contributed by atoms with van der Waals surface area (Å²) in [6.45, 7) is 0.216. The summed E-state index contributed by atoms with van der Waals surface area (Å²) in [6.07, 6.45) is 1.48. The minimum atomic E-state index is -0.537. The molecule has 26 heavy (non-hydrogen) atoms. The fourth-order valence-corrected chi connectivity index (χ4v) is 3.07. The fraction of sp³-hybridized carbons (Fsp3) is 0.167. The second kappa shape index (κ2) is 7.85. The summed E-state index contributed by atoms with van der Waals surface area (Å²) >= 11 is 11.8. The highest BCUT2D eigenvalue weighted by Gasteiger charge is 2.35. The number of anilines is 1. The maximum atomic E-state index is 13.0. The van der Waals surface area contributed by atoms with Crippen molar-refractivity contribution in [1.29, 1.82) is 0 Å². The van der Waals surface area contributed by atoms with Crippen molar-refractivity contribution in [1.82, 2.24) is 5.43 Å². The quantitative estimate of drug-likeness (QED) is 0.636. The van der Waals surface area contributed by atoms with Crippen LogP contribution in [0.3, 0.4) is 0 Å². The molecular weight excluding hydrogens is 380 g/mol. The Labute approximate surface area is 159 Å². The van der Waals surface area contributed by atoms with Gasteiger partial charge in [0.1, 0.15) is 5.82 Å². The summed E-state index contributed by atoms with van der Waals surface area (Å²) in [7, 11) is 0. The average molecular weight is 394 g/mol. The molecule has 2 amide bonds. The summed E-state index contributed by atoms with van der Waals surface area (Å²) in [5.41, 5.74) is 3.58. The Hall–Kier alpha value is -2.44. The van der Waals surface area contributed by atoms with Crippen LogP contribution in [0.5, 0.6) is 0 Å². The van der Waals surface area contributed by atoms with Gasteiger partial charge in [-0.2, -0.15) is 5.10 Å². The Morgan fingerprint density at radius 1 is 1.23 bits per heavy atom. The van der Waals surface area contributed by atoms with E-state index in [1.54, 1.807) is 18.2 Å². The molecule has 0 radical (unpaired) electrons. The molecule has 1 unspecified atom stereocenters. The van der Waals surface area contributed by atoms with E-state index in [1.807, 2.05) is 0 Å². The Balaban J connectivity index is 1.61. The molecule has 134 valence electrons. The van der Waals surface area contributed by atoms with Crippen LogP contribution in [0.25, 0.3) is 0 Å². The number of benzene rings is 2. The first-order valence-electron chi connectivity index (χ1n) is 7.78. The average Bonchev–Trinajstić information content (AvgIpc) is 2.99. The monoisotopic (exact) mass is 393 g/mol. The van der Waals surface area contributed by atoms with Crippen molar-refractivity contribution in [2.45, 2.75) is 6.42 Å². The molecule has 0 spiro atoms. The first-order chi connectivity index (χ1) is 12.4. The van der Waals surface area contributed by atoms with Crippen LogP contribution in [0.1, 0.15) is 12.0 Å². The topological polar surface area (TPSA) is 61.8 Å². The molecular formula is C18H14Cl2FN3O2. The fourth-order valence-electron chi connectivity index (χ4n) is 2.62. The second-order valence-corrected chi connectivity index (χ2v) is 6.63. The lowest BCUT2D eigenvalue weighted by Crippen LogP contribution is -2.30. The normalized spacial score (nSPS) is 17.1. The Bertz CT molecular complexity index is 871. The molecule has 1 saturated heterocycles. The van der Waals surface area contributed by atoms with Gasteiger partial charge in [0.05, 0.1) is 17.2 Å². The molecule has 3 rings (SSSR count). The molecule has 0 bridgehead atoms. The number of hydrazone groups is 1. The van der Waals surface area contributed by atoms with Crippen LogP contribution in [0.4, 0.5) is 10.1 Å². The van der Waals surface area contributed by atoms with Crippen LogP contribution in [0.2, 0.25) is 10.0 Å². The van der Waals surface area contributed by atoms with E-state index < -0.39 is 5.92 Å². The molecule has 2 aromatic rings. The van der Waals surface area contributed by atoms with Gasteiger partial charge in [0.25, 0.3) is 0 Å². The number of carbonyl (C=O) groups is 2. The van der Waals surface area contributed by atoms with E-state index in [1.165, 1.54) is 35.4 Å². The number of hydrogen-bond donors (Lipinski definition) is 1. The van der Waals surface area contributed by atoms with Crippen LogP contribution >= 0.6 is 23.2 Å². The Morgan fingerprint density at radius 3 is 2.65 bits per heavy atom. The highest BCUT2D eigenvalue weighted by atomic mass is 35.5. The molecule has 1 atom stereocenters. The van der Waals surface area contributed by atoms with Gasteiger partial charge in [-0.1, -0.05) is 29.3 Å². The standard InChI is InChI=1S/C18H14Cl2FN3O2/c19-13-2-1-11(16(20)8-13)9-22-23-18(26)12-7-17(25)24(10-12)15-5-3-14(21)4-6-15/h1-6,8-9,12H,7,10H2,(H,23,26). The van der Waals surface area contributed by atoms with Gasteiger partial charge in [0.2, 0.25) is 11.8 Å². The summed E-state index contributed by atoms with van der Waals surface area (Å²) in [6, 6.07) is 10.5. The molecule has 0 saturated carbocycles. The molecule has 8 heteroatoms. The summed E-state index contributed by atoms with van der Waals surface area (Å²) in [5, 5.41) is 4.79. The number of amides is 2. The molecule has 0 aliphatic carbocycles. The summed E-state index contributed by atoms with van der Waals surface area (Å²) in [5.74, 6) is -1.49. The SMILES string of the molecule is O=C(NN=Cc1ccc(Cl)cc1Cl)C1CC(=O)N(c2ccc(F)cc2)C1. The van der Waals surface area contributed by atoms with Crippen molar-refractivity contribution in [2.24, 2.45) is 11.0 Å². The van der Waals surface area contributed by atoms with Crippen LogP contribution in [-0.2, 0) is 9.59 Å². The molecule has 1 heterocycles. The molecule has 0 aromatic heterocycles. The zero-order valence-electron chi connectivity index (χ0n) is 13.5. The van der Waals surface area contributed by atoms with Crippen LogP contribution in [-0.4, -0.2) is 24.6 Å². The Kier molecular flexibility index (Phi) is 5.54. The maximum absolute atomic E-state index is 13.0. The zero-order chi connectivity index (χ0) is 18.7. The first-order valence-corrected chi connectivity index (χ1v) is 8.53. The van der Waals surface area contributed by atoms with E-state index >= 15 is 0 Å². The van der Waals surface area contributed by atoms with Gasteiger partial charge in [-0.15, -0.1) is 0 Å². The van der Waals surface area contributed by atoms with E-state index in [0.29, 0.717) is 21.3 Å². The predicted octanol–water partition coefficient (Wildman–Crippen LogP) is 3.64. The van der Waals surface area contributed by atoms with Crippen molar-refractivity contribution in [3.05, 3.63) is 63.9 Å². The molecule has 1 N–H and O–H groups in total. The predicted molar refractivity (Wildman–Crippen MR) is 99.1 cm³/mol. The van der Waals surface area contributed by atoms with Crippen molar-refractivity contribution in [2.75, 3.05) is 11.4 Å². The van der Waals surface area contributed by atoms with Crippen molar-refractivity contribution in [3.63, 3.8) is 0 Å². The van der Waals surface area contributed by atoms with E-state index in [0.717, 1.165) is 0 Å². The zero-order valence-corrected chi connectivity index (χ0v) is 15.0. The minimum absolute atomic E-state index is 0.0699. The molecule has 1 aliphatic heterocycles. The van der Waals surface area contributed by atoms with Gasteiger partial charge in [-0.05, 0) is 36.4 Å². The van der Waals surface area contributed by atoms with Crippen molar-refractivity contribution >= 4 is 46.9 Å². The van der Waals surface area contributed by atoms with Gasteiger partial charge in [0, 0.05) is 29.2 Å². The van der Waals surface area contributed by atoms with Crippen LogP contribution < -0.4 is 10.3 Å². The number of nitrogens with zero attached hydrogens (tertiary/aromatic N) is 2. The lowest BCUT2D eigenvalue weighted by molar-refractivity contribution is -0.126. The van der Waals surface area contributed by atoms with Crippen molar-refractivity contribution < 1.29 is 14.0 Å². The van der Waals surface area contributed by atoms with Crippen LogP contribution in [0.15, 0.2) is 47.6 Å². The number of halogens is 3. The van der Waals surface area contributed by atoms with Gasteiger partial charge in [-0.25, -0.2) is 9.82 Å². The number of rotatable bonds is 4. The highest BCUT2D eigenvalue weighted by molar-refractivity contribution is 6.36. The summed E-state index contributed by atoms with van der Waals surface area (Å²) in [4.78, 5) is 25.8. The van der Waals surface area contributed by atoms with Gasteiger partial charge < -0.3 is 4.90 Å². The van der Waals surface area contributed by atoms with E-state index in [4.69, 9.17) is 23.2 Å². The molecule has 1 fully saturated rings. The third-order valence-electron chi connectivity index (χ3n) is 3.98.